The van der Waals surface area contributed by atoms with Gasteiger partial charge in [-0.25, -0.2) is 0 Å². The van der Waals surface area contributed by atoms with Gasteiger partial charge >= 0.3 is 0 Å². The highest BCUT2D eigenvalue weighted by atomic mass is 35.5. The van der Waals surface area contributed by atoms with Crippen molar-refractivity contribution in [2.24, 2.45) is 17.1 Å². The standard InChI is InChI=1S/C15H28N2O.ClH/c1-17(11-13-6-5-7-13)14(18)10-15(12-16)8-3-2-4-9-15;/h13H,2-12,16H2,1H3;1H. The van der Waals surface area contributed by atoms with Gasteiger partial charge in [0.15, 0.2) is 0 Å². The van der Waals surface area contributed by atoms with Crippen LogP contribution < -0.4 is 5.73 Å². The number of hydrogen-bond donors (Lipinski definition) is 1. The Morgan fingerprint density at radius 3 is 2.32 bits per heavy atom. The Labute approximate surface area is 123 Å². The van der Waals surface area contributed by atoms with Crippen LogP contribution in [0.2, 0.25) is 0 Å². The lowest BCUT2D eigenvalue weighted by Gasteiger charge is -2.38. The van der Waals surface area contributed by atoms with Crippen molar-refractivity contribution in [1.29, 1.82) is 0 Å². The lowest BCUT2D eigenvalue weighted by atomic mass is 9.71. The number of amides is 1. The third-order valence-corrected chi connectivity index (χ3v) is 5.06. The van der Waals surface area contributed by atoms with E-state index in [0.29, 0.717) is 18.9 Å². The zero-order valence-electron chi connectivity index (χ0n) is 12.2. The van der Waals surface area contributed by atoms with Crippen LogP contribution in [0, 0.1) is 11.3 Å². The Morgan fingerprint density at radius 2 is 1.84 bits per heavy atom. The number of rotatable bonds is 5. The van der Waals surface area contributed by atoms with Crippen LogP contribution in [-0.2, 0) is 4.79 Å². The normalized spacial score (nSPS) is 22.2. The molecule has 0 bridgehead atoms. The van der Waals surface area contributed by atoms with Crippen molar-refractivity contribution in [3.63, 3.8) is 0 Å². The summed E-state index contributed by atoms with van der Waals surface area (Å²) in [6.45, 7) is 1.63. The summed E-state index contributed by atoms with van der Waals surface area (Å²) >= 11 is 0. The van der Waals surface area contributed by atoms with Crippen LogP contribution in [0.5, 0.6) is 0 Å². The molecule has 2 N–H and O–H groups in total. The lowest BCUT2D eigenvalue weighted by Crippen LogP contribution is -2.41. The first-order valence-electron chi connectivity index (χ1n) is 7.59. The molecule has 0 radical (unpaired) electrons. The highest BCUT2D eigenvalue weighted by molar-refractivity contribution is 5.85. The van der Waals surface area contributed by atoms with Gasteiger partial charge in [0.25, 0.3) is 0 Å². The molecule has 0 aromatic rings. The fraction of sp³-hybridized carbons (Fsp3) is 0.933. The smallest absolute Gasteiger partial charge is 0.222 e. The molecule has 3 nitrogen and oxygen atoms in total. The fourth-order valence-corrected chi connectivity index (χ4v) is 3.38. The molecular weight excluding hydrogens is 260 g/mol. The molecular formula is C15H29ClN2O. The van der Waals surface area contributed by atoms with E-state index in [0.717, 1.165) is 25.3 Å². The second kappa shape index (κ2) is 7.49. The van der Waals surface area contributed by atoms with Crippen molar-refractivity contribution in [2.75, 3.05) is 20.1 Å². The molecule has 2 saturated carbocycles. The predicted molar refractivity (Wildman–Crippen MR) is 81.4 cm³/mol. The summed E-state index contributed by atoms with van der Waals surface area (Å²) in [4.78, 5) is 14.3. The Balaban J connectivity index is 0.00000180. The maximum atomic E-state index is 12.3. The summed E-state index contributed by atoms with van der Waals surface area (Å²) in [5.41, 5.74) is 6.07. The first-order chi connectivity index (χ1) is 8.65. The molecule has 0 heterocycles. The van der Waals surface area contributed by atoms with Crippen LogP contribution in [0.1, 0.15) is 57.8 Å². The molecule has 4 heteroatoms. The molecule has 2 aliphatic rings. The van der Waals surface area contributed by atoms with E-state index >= 15 is 0 Å². The molecule has 2 rings (SSSR count). The first kappa shape index (κ1) is 16.8. The molecule has 0 aromatic carbocycles. The number of nitrogens with zero attached hydrogens (tertiary/aromatic N) is 1. The van der Waals surface area contributed by atoms with Crippen molar-refractivity contribution in [2.45, 2.75) is 57.8 Å². The molecule has 2 fully saturated rings. The highest BCUT2D eigenvalue weighted by Gasteiger charge is 2.34. The van der Waals surface area contributed by atoms with E-state index in [4.69, 9.17) is 5.73 Å². The van der Waals surface area contributed by atoms with Gasteiger partial charge in [-0.1, -0.05) is 25.7 Å². The summed E-state index contributed by atoms with van der Waals surface area (Å²) in [6, 6.07) is 0. The van der Waals surface area contributed by atoms with Crippen LogP contribution in [0.25, 0.3) is 0 Å². The van der Waals surface area contributed by atoms with Gasteiger partial charge in [-0.2, -0.15) is 0 Å². The van der Waals surface area contributed by atoms with Gasteiger partial charge in [-0.15, -0.1) is 12.4 Å². The third kappa shape index (κ3) is 4.35. The zero-order valence-corrected chi connectivity index (χ0v) is 13.0. The van der Waals surface area contributed by atoms with Crippen molar-refractivity contribution in [1.82, 2.24) is 4.90 Å². The quantitative estimate of drug-likeness (QED) is 0.845. The number of hydrogen-bond acceptors (Lipinski definition) is 2. The van der Waals surface area contributed by atoms with E-state index in [9.17, 15) is 4.79 Å². The minimum atomic E-state index is 0. The maximum Gasteiger partial charge on any atom is 0.222 e. The average molecular weight is 289 g/mol. The Morgan fingerprint density at radius 1 is 1.21 bits per heavy atom. The van der Waals surface area contributed by atoms with Crippen molar-refractivity contribution < 1.29 is 4.79 Å². The van der Waals surface area contributed by atoms with E-state index in [1.807, 2.05) is 11.9 Å². The van der Waals surface area contributed by atoms with Crippen LogP contribution in [-0.4, -0.2) is 30.9 Å². The third-order valence-electron chi connectivity index (χ3n) is 5.06. The van der Waals surface area contributed by atoms with Gasteiger partial charge in [-0.05, 0) is 43.6 Å². The van der Waals surface area contributed by atoms with Crippen LogP contribution in [0.4, 0.5) is 0 Å². The van der Waals surface area contributed by atoms with Crippen molar-refractivity contribution >= 4 is 18.3 Å². The molecule has 1 amide bonds. The van der Waals surface area contributed by atoms with E-state index in [1.54, 1.807) is 0 Å². The number of halogens is 1. The summed E-state index contributed by atoms with van der Waals surface area (Å²) in [6.07, 6.45) is 10.7. The van der Waals surface area contributed by atoms with Gasteiger partial charge in [0.1, 0.15) is 0 Å². The summed E-state index contributed by atoms with van der Waals surface area (Å²) in [7, 11) is 1.97. The Bertz CT molecular complexity index is 286. The maximum absolute atomic E-state index is 12.3. The molecule has 0 unspecified atom stereocenters. The van der Waals surface area contributed by atoms with Gasteiger partial charge in [0.2, 0.25) is 5.91 Å². The molecule has 2 aliphatic carbocycles. The molecule has 19 heavy (non-hydrogen) atoms. The molecule has 0 saturated heterocycles. The summed E-state index contributed by atoms with van der Waals surface area (Å²) in [5.74, 6) is 1.08. The van der Waals surface area contributed by atoms with Gasteiger partial charge in [-0.3, -0.25) is 4.79 Å². The molecule has 0 atom stereocenters. The zero-order chi connectivity index (χ0) is 13.0. The largest absolute Gasteiger partial charge is 0.345 e. The molecule has 112 valence electrons. The minimum absolute atomic E-state index is 0. The van der Waals surface area contributed by atoms with Crippen molar-refractivity contribution in [3.05, 3.63) is 0 Å². The van der Waals surface area contributed by atoms with Gasteiger partial charge in [0, 0.05) is 20.0 Å². The SMILES string of the molecule is CN(CC1CCC1)C(=O)CC1(CN)CCCCC1.Cl. The van der Waals surface area contributed by atoms with E-state index in [2.05, 4.69) is 0 Å². The molecule has 0 aromatic heterocycles. The van der Waals surface area contributed by atoms with Crippen molar-refractivity contribution in [3.8, 4) is 0 Å². The fourth-order valence-electron chi connectivity index (χ4n) is 3.38. The number of carbonyl (C=O) groups is 1. The number of nitrogens with two attached hydrogens (primary N) is 1. The predicted octanol–water partition coefficient (Wildman–Crippen LogP) is 2.97. The highest BCUT2D eigenvalue weighted by Crippen LogP contribution is 2.39. The molecule has 0 spiro atoms. The van der Waals surface area contributed by atoms with E-state index in [-0.39, 0.29) is 17.8 Å². The minimum Gasteiger partial charge on any atom is -0.345 e. The first-order valence-corrected chi connectivity index (χ1v) is 7.59. The van der Waals surface area contributed by atoms with E-state index in [1.165, 1.54) is 38.5 Å². The second-order valence-corrected chi connectivity index (χ2v) is 6.51. The summed E-state index contributed by atoms with van der Waals surface area (Å²) < 4.78 is 0. The van der Waals surface area contributed by atoms with Gasteiger partial charge in [0.05, 0.1) is 0 Å². The average Bonchev–Trinajstić information content (AvgIpc) is 2.34. The van der Waals surface area contributed by atoms with Crippen LogP contribution >= 0.6 is 12.4 Å². The van der Waals surface area contributed by atoms with Crippen LogP contribution in [0.3, 0.4) is 0 Å². The second-order valence-electron chi connectivity index (χ2n) is 6.51. The summed E-state index contributed by atoms with van der Waals surface area (Å²) in [5, 5.41) is 0. The lowest BCUT2D eigenvalue weighted by molar-refractivity contribution is -0.133. The Hall–Kier alpha value is -0.280. The monoisotopic (exact) mass is 288 g/mol. The Kier molecular flexibility index (Phi) is 6.61. The topological polar surface area (TPSA) is 46.3 Å². The number of carbonyl (C=O) groups excluding carboxylic acids is 1. The van der Waals surface area contributed by atoms with Crippen LogP contribution in [0.15, 0.2) is 0 Å². The van der Waals surface area contributed by atoms with E-state index < -0.39 is 0 Å². The van der Waals surface area contributed by atoms with Gasteiger partial charge < -0.3 is 10.6 Å². The molecule has 0 aliphatic heterocycles.